The van der Waals surface area contributed by atoms with E-state index in [0.29, 0.717) is 5.92 Å². The van der Waals surface area contributed by atoms with Gasteiger partial charge in [-0.1, -0.05) is 27.7 Å². The summed E-state index contributed by atoms with van der Waals surface area (Å²) < 4.78 is 0. The highest BCUT2D eigenvalue weighted by atomic mass is 15.2. The highest BCUT2D eigenvalue weighted by Crippen LogP contribution is 2.10. The van der Waals surface area contributed by atoms with E-state index in [2.05, 4.69) is 18.7 Å². The molecule has 0 amide bonds. The van der Waals surface area contributed by atoms with Crippen LogP contribution >= 0.6 is 0 Å². The maximum absolute atomic E-state index is 7.53. The Morgan fingerprint density at radius 2 is 1.73 bits per heavy atom. The summed E-state index contributed by atoms with van der Waals surface area (Å²) in [6.45, 7) is 10.4. The maximum Gasteiger partial charge on any atom is 0.0983 e. The van der Waals surface area contributed by atoms with E-state index in [4.69, 9.17) is 5.41 Å². The lowest BCUT2D eigenvalue weighted by Crippen LogP contribution is -2.43. The van der Waals surface area contributed by atoms with Gasteiger partial charge in [0.1, 0.15) is 0 Å². The molecule has 2 heteroatoms. The lowest BCUT2D eigenvalue weighted by atomic mass is 10.1. The number of nitrogens with one attached hydrogen (secondary N) is 1. The molecule has 0 aromatic rings. The van der Waals surface area contributed by atoms with Gasteiger partial charge < -0.3 is 4.90 Å². The minimum atomic E-state index is 0.408. The van der Waals surface area contributed by atoms with Crippen LogP contribution in [0.25, 0.3) is 0 Å². The Hall–Kier alpha value is -0.530. The molecule has 11 heavy (non-hydrogen) atoms. The summed E-state index contributed by atoms with van der Waals surface area (Å²) in [7, 11) is 0. The first-order valence-corrected chi connectivity index (χ1v) is 4.55. The van der Waals surface area contributed by atoms with Crippen molar-refractivity contribution in [1.29, 1.82) is 5.41 Å². The average molecular weight is 156 g/mol. The number of nitrogens with zero attached hydrogens (tertiary/aromatic N) is 1. The van der Waals surface area contributed by atoms with Crippen LogP contribution in [0.5, 0.6) is 0 Å². The standard InChI is InChI=1S/C7H14N2.C2H6/c1-6(2)7(8)9-4-3-5-9;1-2/h6,8H,3-5H2,1-2H3;1-2H3. The van der Waals surface area contributed by atoms with Gasteiger partial charge in [-0.15, -0.1) is 0 Å². The van der Waals surface area contributed by atoms with E-state index in [1.165, 1.54) is 6.42 Å². The van der Waals surface area contributed by atoms with Crippen LogP contribution in [-0.4, -0.2) is 23.8 Å². The fraction of sp³-hybridized carbons (Fsp3) is 0.889. The lowest BCUT2D eigenvalue weighted by Gasteiger charge is -2.34. The Morgan fingerprint density at radius 3 is 1.82 bits per heavy atom. The largest absolute Gasteiger partial charge is 0.360 e. The van der Waals surface area contributed by atoms with Crippen LogP contribution in [0.15, 0.2) is 0 Å². The van der Waals surface area contributed by atoms with E-state index in [1.54, 1.807) is 0 Å². The number of rotatable bonds is 1. The second-order valence-corrected chi connectivity index (χ2v) is 2.88. The monoisotopic (exact) mass is 156 g/mol. The topological polar surface area (TPSA) is 27.1 Å². The molecule has 0 saturated carbocycles. The van der Waals surface area contributed by atoms with Gasteiger partial charge in [-0.3, -0.25) is 5.41 Å². The van der Waals surface area contributed by atoms with Crippen molar-refractivity contribution in [3.8, 4) is 0 Å². The van der Waals surface area contributed by atoms with E-state index in [1.807, 2.05) is 13.8 Å². The van der Waals surface area contributed by atoms with Crippen LogP contribution < -0.4 is 0 Å². The van der Waals surface area contributed by atoms with Crippen LogP contribution in [0.1, 0.15) is 34.1 Å². The van der Waals surface area contributed by atoms with Gasteiger partial charge in [0.25, 0.3) is 0 Å². The fourth-order valence-corrected chi connectivity index (χ4v) is 0.922. The number of amidine groups is 1. The summed E-state index contributed by atoms with van der Waals surface area (Å²) in [5.41, 5.74) is 0. The predicted molar refractivity (Wildman–Crippen MR) is 50.1 cm³/mol. The summed E-state index contributed by atoms with van der Waals surface area (Å²) >= 11 is 0. The Balaban J connectivity index is 0.000000461. The molecule has 1 rings (SSSR count). The van der Waals surface area contributed by atoms with Crippen molar-refractivity contribution < 1.29 is 0 Å². The molecule has 66 valence electrons. The molecule has 0 spiro atoms. The van der Waals surface area contributed by atoms with Gasteiger partial charge in [0.2, 0.25) is 0 Å². The summed E-state index contributed by atoms with van der Waals surface area (Å²) in [5, 5.41) is 7.53. The lowest BCUT2D eigenvalue weighted by molar-refractivity contribution is 0.285. The second kappa shape index (κ2) is 5.16. The van der Waals surface area contributed by atoms with Gasteiger partial charge in [0.05, 0.1) is 5.84 Å². The van der Waals surface area contributed by atoms with Crippen LogP contribution in [0, 0.1) is 11.3 Å². The summed E-state index contributed by atoms with van der Waals surface area (Å²) in [5.74, 6) is 1.21. The number of hydrogen-bond donors (Lipinski definition) is 1. The van der Waals surface area contributed by atoms with Gasteiger partial charge in [-0.05, 0) is 6.42 Å². The molecular weight excluding hydrogens is 136 g/mol. The highest BCUT2D eigenvalue weighted by molar-refractivity contribution is 5.81. The molecule has 1 saturated heterocycles. The quantitative estimate of drug-likeness (QED) is 0.458. The third-order valence-electron chi connectivity index (χ3n) is 1.74. The molecule has 0 aromatic heterocycles. The number of hydrogen-bond acceptors (Lipinski definition) is 1. The van der Waals surface area contributed by atoms with Gasteiger partial charge in [0.15, 0.2) is 0 Å². The first-order valence-electron chi connectivity index (χ1n) is 4.55. The van der Waals surface area contributed by atoms with Gasteiger partial charge in [0, 0.05) is 19.0 Å². The van der Waals surface area contributed by atoms with Crippen molar-refractivity contribution in [3.63, 3.8) is 0 Å². The molecule has 1 aliphatic rings. The minimum Gasteiger partial charge on any atom is -0.360 e. The fourth-order valence-electron chi connectivity index (χ4n) is 0.922. The van der Waals surface area contributed by atoms with E-state index in [9.17, 15) is 0 Å². The Bertz CT molecular complexity index is 115. The molecule has 1 N–H and O–H groups in total. The third kappa shape index (κ3) is 2.91. The highest BCUT2D eigenvalue weighted by Gasteiger charge is 2.18. The van der Waals surface area contributed by atoms with Crippen molar-refractivity contribution in [1.82, 2.24) is 4.90 Å². The molecule has 0 bridgehead atoms. The Morgan fingerprint density at radius 1 is 1.27 bits per heavy atom. The van der Waals surface area contributed by atoms with Gasteiger partial charge in [-0.25, -0.2) is 0 Å². The van der Waals surface area contributed by atoms with E-state index in [-0.39, 0.29) is 0 Å². The summed E-state index contributed by atoms with van der Waals surface area (Å²) in [6, 6.07) is 0. The van der Waals surface area contributed by atoms with Crippen molar-refractivity contribution in [2.75, 3.05) is 13.1 Å². The molecule has 0 atom stereocenters. The van der Waals surface area contributed by atoms with E-state index < -0.39 is 0 Å². The SMILES string of the molecule is CC.CC(C)C(=N)N1CCC1. The van der Waals surface area contributed by atoms with Crippen LogP contribution in [0.3, 0.4) is 0 Å². The minimum absolute atomic E-state index is 0.408. The van der Waals surface area contributed by atoms with E-state index in [0.717, 1.165) is 18.9 Å². The van der Waals surface area contributed by atoms with E-state index >= 15 is 0 Å². The normalized spacial score (nSPS) is 15.2. The zero-order valence-corrected chi connectivity index (χ0v) is 8.15. The molecule has 1 aliphatic heterocycles. The van der Waals surface area contributed by atoms with Crippen molar-refractivity contribution in [3.05, 3.63) is 0 Å². The molecule has 1 fully saturated rings. The van der Waals surface area contributed by atoms with Crippen molar-refractivity contribution in [2.24, 2.45) is 5.92 Å². The average Bonchev–Trinajstić information content (AvgIpc) is 1.88. The molecule has 0 unspecified atom stereocenters. The molecule has 1 heterocycles. The molecule has 0 aliphatic carbocycles. The van der Waals surface area contributed by atoms with Crippen molar-refractivity contribution in [2.45, 2.75) is 34.1 Å². The van der Waals surface area contributed by atoms with Crippen LogP contribution in [0.2, 0.25) is 0 Å². The Kier molecular flexibility index (Phi) is 4.92. The predicted octanol–water partition coefficient (Wildman–Crippen LogP) is 2.35. The first-order chi connectivity index (χ1) is 5.22. The summed E-state index contributed by atoms with van der Waals surface area (Å²) in [6.07, 6.45) is 1.27. The van der Waals surface area contributed by atoms with Gasteiger partial charge in [-0.2, -0.15) is 0 Å². The summed E-state index contributed by atoms with van der Waals surface area (Å²) in [4.78, 5) is 2.13. The molecule has 0 aromatic carbocycles. The zero-order chi connectivity index (χ0) is 8.85. The molecule has 0 radical (unpaired) electrons. The smallest absolute Gasteiger partial charge is 0.0983 e. The molecule has 2 nitrogen and oxygen atoms in total. The maximum atomic E-state index is 7.53. The van der Waals surface area contributed by atoms with Gasteiger partial charge >= 0.3 is 0 Å². The third-order valence-corrected chi connectivity index (χ3v) is 1.74. The molecular formula is C9H20N2. The number of likely N-dealkylation sites (tertiary alicyclic amines) is 1. The first kappa shape index (κ1) is 10.5. The van der Waals surface area contributed by atoms with Crippen molar-refractivity contribution >= 4 is 5.84 Å². The van der Waals surface area contributed by atoms with Crippen LogP contribution in [-0.2, 0) is 0 Å². The zero-order valence-electron chi connectivity index (χ0n) is 8.15. The van der Waals surface area contributed by atoms with Crippen LogP contribution in [0.4, 0.5) is 0 Å². The Labute approximate surface area is 70.1 Å². The second-order valence-electron chi connectivity index (χ2n) is 2.88.